The van der Waals surface area contributed by atoms with E-state index in [9.17, 15) is 14.4 Å². The van der Waals surface area contributed by atoms with Gasteiger partial charge in [-0.05, 0) is 72.3 Å². The average Bonchev–Trinajstić information content (AvgIpc) is 2.81. The second-order valence-corrected chi connectivity index (χ2v) is 8.30. The second-order valence-electron chi connectivity index (χ2n) is 6.57. The van der Waals surface area contributed by atoms with Crippen molar-refractivity contribution in [1.82, 2.24) is 10.7 Å². The van der Waals surface area contributed by atoms with Crippen LogP contribution < -0.4 is 15.5 Å². The fourth-order valence-corrected chi connectivity index (χ4v) is 3.05. The zero-order valence-electron chi connectivity index (χ0n) is 16.8. The molecule has 0 aliphatic carbocycles. The van der Waals surface area contributed by atoms with Crippen LogP contribution in [0.5, 0.6) is 5.75 Å². The van der Waals surface area contributed by atoms with Crippen molar-refractivity contribution in [2.45, 2.75) is 0 Å². The Morgan fingerprint density at radius 2 is 1.58 bits per heavy atom. The molecule has 3 rings (SSSR count). The van der Waals surface area contributed by atoms with Crippen LogP contribution in [0.3, 0.4) is 0 Å². The SMILES string of the molecule is O=C(CNC(=O)c1ccc(Cl)c(Cl)c1)NN=Cc1ccc(OC(=O)c2ccc(Br)cc2)cc1. The molecule has 0 aliphatic rings. The van der Waals surface area contributed by atoms with Gasteiger partial charge in [0, 0.05) is 10.0 Å². The third kappa shape index (κ3) is 7.42. The lowest BCUT2D eigenvalue weighted by Gasteiger charge is -2.06. The van der Waals surface area contributed by atoms with Gasteiger partial charge in [0.1, 0.15) is 5.75 Å². The number of hydrazone groups is 1. The molecule has 0 unspecified atom stereocenters. The molecule has 0 bridgehead atoms. The number of nitrogens with one attached hydrogen (secondary N) is 2. The minimum atomic E-state index is -0.514. The average molecular weight is 549 g/mol. The van der Waals surface area contributed by atoms with Gasteiger partial charge in [-0.25, -0.2) is 10.2 Å². The largest absolute Gasteiger partial charge is 0.423 e. The minimum absolute atomic E-state index is 0.243. The Hall–Kier alpha value is -3.20. The zero-order chi connectivity index (χ0) is 23.8. The van der Waals surface area contributed by atoms with E-state index in [1.54, 1.807) is 48.5 Å². The molecule has 3 aromatic carbocycles. The molecule has 2 amide bonds. The van der Waals surface area contributed by atoms with Crippen LogP contribution in [0.15, 0.2) is 76.3 Å². The number of rotatable bonds is 7. The van der Waals surface area contributed by atoms with E-state index in [2.05, 4.69) is 31.8 Å². The molecule has 33 heavy (non-hydrogen) atoms. The molecule has 2 N–H and O–H groups in total. The molecular formula is C23H16BrCl2N3O4. The van der Waals surface area contributed by atoms with Crippen molar-refractivity contribution < 1.29 is 19.1 Å². The zero-order valence-corrected chi connectivity index (χ0v) is 19.9. The van der Waals surface area contributed by atoms with Gasteiger partial charge in [-0.15, -0.1) is 0 Å². The third-order valence-electron chi connectivity index (χ3n) is 4.16. The number of halogens is 3. The van der Waals surface area contributed by atoms with Crippen LogP contribution in [-0.4, -0.2) is 30.5 Å². The second kappa shape index (κ2) is 11.6. The molecule has 168 valence electrons. The molecule has 3 aromatic rings. The van der Waals surface area contributed by atoms with Gasteiger partial charge in [-0.1, -0.05) is 39.1 Å². The monoisotopic (exact) mass is 547 g/mol. The van der Waals surface area contributed by atoms with Gasteiger partial charge in [-0.2, -0.15) is 5.10 Å². The molecule has 0 saturated heterocycles. The molecule has 0 atom stereocenters. The van der Waals surface area contributed by atoms with E-state index < -0.39 is 17.8 Å². The molecule has 0 aromatic heterocycles. The quantitative estimate of drug-likeness (QED) is 0.191. The Morgan fingerprint density at radius 1 is 0.909 bits per heavy atom. The minimum Gasteiger partial charge on any atom is -0.423 e. The number of carbonyl (C=O) groups excluding carboxylic acids is 3. The number of nitrogens with zero attached hydrogens (tertiary/aromatic N) is 1. The van der Waals surface area contributed by atoms with Gasteiger partial charge in [0.15, 0.2) is 0 Å². The molecule has 0 saturated carbocycles. The predicted octanol–water partition coefficient (Wildman–Crippen LogP) is 4.86. The van der Waals surface area contributed by atoms with Crippen LogP contribution in [0.1, 0.15) is 26.3 Å². The number of hydrogen-bond donors (Lipinski definition) is 2. The lowest BCUT2D eigenvalue weighted by atomic mass is 10.2. The molecule has 10 heteroatoms. The van der Waals surface area contributed by atoms with Gasteiger partial charge in [0.25, 0.3) is 11.8 Å². The molecule has 0 aliphatic heterocycles. The molecule has 0 radical (unpaired) electrons. The number of hydrogen-bond acceptors (Lipinski definition) is 5. The van der Waals surface area contributed by atoms with Crippen molar-refractivity contribution in [2.24, 2.45) is 5.10 Å². The van der Waals surface area contributed by atoms with Crippen molar-refractivity contribution in [3.8, 4) is 5.75 Å². The van der Waals surface area contributed by atoms with Crippen LogP contribution in [0.25, 0.3) is 0 Å². The van der Waals surface area contributed by atoms with Gasteiger partial charge >= 0.3 is 5.97 Å². The van der Waals surface area contributed by atoms with E-state index in [0.717, 1.165) is 4.47 Å². The van der Waals surface area contributed by atoms with Crippen molar-refractivity contribution >= 4 is 63.1 Å². The maximum atomic E-state index is 12.1. The van der Waals surface area contributed by atoms with Crippen molar-refractivity contribution in [3.05, 3.63) is 97.9 Å². The Labute approximate surface area is 207 Å². The number of ether oxygens (including phenoxy) is 1. The van der Waals surface area contributed by atoms with Gasteiger partial charge in [0.05, 0.1) is 28.4 Å². The lowest BCUT2D eigenvalue weighted by molar-refractivity contribution is -0.120. The molecule has 7 nitrogen and oxygen atoms in total. The van der Waals surface area contributed by atoms with E-state index in [4.69, 9.17) is 27.9 Å². The molecule has 0 spiro atoms. The van der Waals surface area contributed by atoms with Gasteiger partial charge in [-0.3, -0.25) is 9.59 Å². The Morgan fingerprint density at radius 3 is 2.24 bits per heavy atom. The summed E-state index contributed by atoms with van der Waals surface area (Å²) in [5.74, 6) is -1.09. The molecular weight excluding hydrogens is 533 g/mol. The van der Waals surface area contributed by atoms with Crippen molar-refractivity contribution in [3.63, 3.8) is 0 Å². The van der Waals surface area contributed by atoms with Crippen LogP contribution in [0, 0.1) is 0 Å². The highest BCUT2D eigenvalue weighted by Crippen LogP contribution is 2.22. The van der Waals surface area contributed by atoms with E-state index >= 15 is 0 Å². The maximum absolute atomic E-state index is 12.1. The van der Waals surface area contributed by atoms with Gasteiger partial charge < -0.3 is 10.1 Å². The Kier molecular flexibility index (Phi) is 8.59. The standard InChI is InChI=1S/C23H16BrCl2N3O4/c24-17-6-3-15(4-7-17)23(32)33-18-8-1-14(2-9-18)12-28-29-21(30)13-27-22(31)16-5-10-19(25)20(26)11-16/h1-12H,13H2,(H,27,31)(H,29,30). The van der Waals surface area contributed by atoms with Crippen LogP contribution in [0.2, 0.25) is 10.0 Å². The predicted molar refractivity (Wildman–Crippen MR) is 130 cm³/mol. The summed E-state index contributed by atoms with van der Waals surface area (Å²) < 4.78 is 6.18. The van der Waals surface area contributed by atoms with Gasteiger partial charge in [0.2, 0.25) is 0 Å². The normalized spacial score (nSPS) is 10.6. The van der Waals surface area contributed by atoms with Crippen LogP contribution in [0.4, 0.5) is 0 Å². The molecule has 0 heterocycles. The summed E-state index contributed by atoms with van der Waals surface area (Å²) in [7, 11) is 0. The highest BCUT2D eigenvalue weighted by atomic mass is 79.9. The van der Waals surface area contributed by atoms with Crippen LogP contribution in [-0.2, 0) is 4.79 Å². The number of benzene rings is 3. The molecule has 0 fully saturated rings. The Bertz CT molecular complexity index is 1200. The third-order valence-corrected chi connectivity index (χ3v) is 5.43. The highest BCUT2D eigenvalue weighted by Gasteiger charge is 2.10. The summed E-state index contributed by atoms with van der Waals surface area (Å²) >= 11 is 15.0. The summed E-state index contributed by atoms with van der Waals surface area (Å²) in [5, 5.41) is 6.87. The van der Waals surface area contributed by atoms with E-state index in [0.29, 0.717) is 21.9 Å². The van der Waals surface area contributed by atoms with Crippen molar-refractivity contribution in [1.29, 1.82) is 0 Å². The summed E-state index contributed by atoms with van der Waals surface area (Å²) in [5.41, 5.74) is 3.68. The summed E-state index contributed by atoms with van der Waals surface area (Å²) in [6.45, 7) is -0.276. The first kappa shape index (κ1) is 24.4. The van der Waals surface area contributed by atoms with E-state index in [1.165, 1.54) is 24.4 Å². The summed E-state index contributed by atoms with van der Waals surface area (Å²) in [6.07, 6.45) is 1.42. The first-order valence-electron chi connectivity index (χ1n) is 9.45. The smallest absolute Gasteiger partial charge is 0.343 e. The highest BCUT2D eigenvalue weighted by molar-refractivity contribution is 9.10. The number of esters is 1. The topological polar surface area (TPSA) is 96.9 Å². The van der Waals surface area contributed by atoms with E-state index in [1.807, 2.05) is 0 Å². The lowest BCUT2D eigenvalue weighted by Crippen LogP contribution is -2.34. The Balaban J connectivity index is 1.45. The van der Waals surface area contributed by atoms with E-state index in [-0.39, 0.29) is 17.1 Å². The van der Waals surface area contributed by atoms with Crippen molar-refractivity contribution in [2.75, 3.05) is 6.54 Å². The number of carbonyl (C=O) groups is 3. The summed E-state index contributed by atoms with van der Waals surface area (Å²) in [6, 6.07) is 17.8. The first-order valence-corrected chi connectivity index (χ1v) is 11.0. The first-order chi connectivity index (χ1) is 15.8. The maximum Gasteiger partial charge on any atom is 0.343 e. The fraction of sp³-hybridized carbons (Fsp3) is 0.0435. The number of amides is 2. The fourth-order valence-electron chi connectivity index (χ4n) is 2.49. The van der Waals surface area contributed by atoms with Crippen LogP contribution >= 0.6 is 39.1 Å². The summed E-state index contributed by atoms with van der Waals surface area (Å²) in [4.78, 5) is 36.1.